The zero-order valence-corrected chi connectivity index (χ0v) is 25.1. The molecule has 1 N–H and O–H groups in total. The SMILES string of the molecule is CS(=O)(=O)N(CC(=O)N(Cc1ccccc1F)[C@H](Cc1ccccc1)C(=O)NC1CCCCC1)c1cccc(C(F)(F)F)c1. The molecule has 0 unspecified atom stereocenters. The molecule has 2 amide bonds. The van der Waals surface area contributed by atoms with Crippen LogP contribution in [-0.4, -0.2) is 50.0 Å². The van der Waals surface area contributed by atoms with Gasteiger partial charge >= 0.3 is 6.18 Å². The van der Waals surface area contributed by atoms with Crippen LogP contribution < -0.4 is 9.62 Å². The Hall–Kier alpha value is -3.93. The summed E-state index contributed by atoms with van der Waals surface area (Å²) in [6, 6.07) is 16.9. The van der Waals surface area contributed by atoms with Crippen molar-refractivity contribution in [1.29, 1.82) is 0 Å². The van der Waals surface area contributed by atoms with Crippen LogP contribution in [0.15, 0.2) is 78.9 Å². The van der Waals surface area contributed by atoms with Crippen LogP contribution in [0.5, 0.6) is 0 Å². The standard InChI is InChI=1S/C32H35F4N3O4S/c1-44(42,43)39(27-17-10-14-25(20-27)32(34,35)36)22-30(40)38(21-24-13-8-9-18-28(24)33)29(19-23-11-4-2-5-12-23)31(41)37-26-15-6-3-7-16-26/h2,4-5,8-14,17-18,20,26,29H,3,6-7,15-16,19,21-22H2,1H3,(H,37,41)/t29-/m1/s1. The zero-order valence-electron chi connectivity index (χ0n) is 24.3. The molecule has 1 fully saturated rings. The van der Waals surface area contributed by atoms with E-state index >= 15 is 0 Å². The molecule has 44 heavy (non-hydrogen) atoms. The number of rotatable bonds is 11. The first kappa shape index (κ1) is 33.0. The fourth-order valence-corrected chi connectivity index (χ4v) is 6.20. The number of hydrogen-bond acceptors (Lipinski definition) is 4. The lowest BCUT2D eigenvalue weighted by Crippen LogP contribution is -2.55. The van der Waals surface area contributed by atoms with Crippen molar-refractivity contribution in [3.8, 4) is 0 Å². The highest BCUT2D eigenvalue weighted by molar-refractivity contribution is 7.92. The van der Waals surface area contributed by atoms with Crippen molar-refractivity contribution in [3.63, 3.8) is 0 Å². The monoisotopic (exact) mass is 633 g/mol. The normalized spacial score (nSPS) is 14.9. The van der Waals surface area contributed by atoms with Gasteiger partial charge in [-0.05, 0) is 42.7 Å². The number of anilines is 1. The lowest BCUT2D eigenvalue weighted by atomic mass is 9.94. The molecule has 0 saturated heterocycles. The molecule has 4 rings (SSSR count). The Kier molecular flexibility index (Phi) is 10.7. The zero-order chi connectivity index (χ0) is 31.9. The molecule has 3 aromatic rings. The quantitative estimate of drug-likeness (QED) is 0.275. The van der Waals surface area contributed by atoms with Crippen molar-refractivity contribution in [2.75, 3.05) is 17.1 Å². The van der Waals surface area contributed by atoms with E-state index in [-0.39, 0.29) is 30.3 Å². The molecule has 0 radical (unpaired) electrons. The van der Waals surface area contributed by atoms with Crippen LogP contribution in [0.25, 0.3) is 0 Å². The molecule has 0 heterocycles. The Morgan fingerprint density at radius 3 is 2.23 bits per heavy atom. The number of benzene rings is 3. The maximum absolute atomic E-state index is 14.9. The summed E-state index contributed by atoms with van der Waals surface area (Å²) in [5.74, 6) is -1.99. The Morgan fingerprint density at radius 1 is 0.932 bits per heavy atom. The van der Waals surface area contributed by atoms with E-state index in [0.717, 1.165) is 61.5 Å². The fraction of sp³-hybridized carbons (Fsp3) is 0.375. The molecule has 0 bridgehead atoms. The molecule has 12 heteroatoms. The van der Waals surface area contributed by atoms with Gasteiger partial charge in [-0.15, -0.1) is 0 Å². The van der Waals surface area contributed by atoms with Crippen LogP contribution in [0, 0.1) is 5.82 Å². The van der Waals surface area contributed by atoms with Crippen molar-refractivity contribution in [3.05, 3.63) is 101 Å². The summed E-state index contributed by atoms with van der Waals surface area (Å²) in [5, 5.41) is 3.03. The summed E-state index contributed by atoms with van der Waals surface area (Å²) in [6.45, 7) is -1.28. The predicted molar refractivity (Wildman–Crippen MR) is 160 cm³/mol. The average Bonchev–Trinajstić information content (AvgIpc) is 2.98. The van der Waals surface area contributed by atoms with Crippen LogP contribution in [0.2, 0.25) is 0 Å². The van der Waals surface area contributed by atoms with E-state index in [9.17, 15) is 35.6 Å². The second-order valence-corrected chi connectivity index (χ2v) is 12.9. The first-order valence-electron chi connectivity index (χ1n) is 14.3. The first-order valence-corrected chi connectivity index (χ1v) is 16.2. The smallest absolute Gasteiger partial charge is 0.352 e. The Balaban J connectivity index is 1.75. The van der Waals surface area contributed by atoms with E-state index in [0.29, 0.717) is 15.9 Å². The molecule has 1 aliphatic rings. The lowest BCUT2D eigenvalue weighted by Gasteiger charge is -2.35. The van der Waals surface area contributed by atoms with Crippen LogP contribution >= 0.6 is 0 Å². The third-order valence-electron chi connectivity index (χ3n) is 7.66. The number of alkyl halides is 3. The van der Waals surface area contributed by atoms with Gasteiger partial charge in [0, 0.05) is 24.6 Å². The maximum Gasteiger partial charge on any atom is 0.416 e. The minimum atomic E-state index is -4.75. The highest BCUT2D eigenvalue weighted by atomic mass is 32.2. The van der Waals surface area contributed by atoms with Crippen LogP contribution in [0.1, 0.15) is 48.8 Å². The van der Waals surface area contributed by atoms with Crippen LogP contribution in [-0.2, 0) is 38.8 Å². The molecular weight excluding hydrogens is 598 g/mol. The van der Waals surface area contributed by atoms with Gasteiger partial charge in [-0.25, -0.2) is 12.8 Å². The number of sulfonamides is 1. The van der Waals surface area contributed by atoms with E-state index < -0.39 is 52.0 Å². The highest BCUT2D eigenvalue weighted by Gasteiger charge is 2.36. The third-order valence-corrected chi connectivity index (χ3v) is 8.80. The molecule has 236 valence electrons. The van der Waals surface area contributed by atoms with Crippen LogP contribution in [0.3, 0.4) is 0 Å². The molecule has 1 aliphatic carbocycles. The molecular formula is C32H35F4N3O4S. The van der Waals surface area contributed by atoms with E-state index in [1.807, 2.05) is 0 Å². The Morgan fingerprint density at radius 2 is 1.59 bits per heavy atom. The summed E-state index contributed by atoms with van der Waals surface area (Å²) >= 11 is 0. The van der Waals surface area contributed by atoms with E-state index in [2.05, 4.69) is 5.32 Å². The highest BCUT2D eigenvalue weighted by Crippen LogP contribution is 2.32. The number of nitrogens with zero attached hydrogens (tertiary/aromatic N) is 2. The van der Waals surface area contributed by atoms with Crippen molar-refractivity contribution in [1.82, 2.24) is 10.2 Å². The van der Waals surface area contributed by atoms with Gasteiger partial charge in [0.05, 0.1) is 17.5 Å². The summed E-state index contributed by atoms with van der Waals surface area (Å²) in [7, 11) is -4.27. The average molecular weight is 634 g/mol. The van der Waals surface area contributed by atoms with Gasteiger partial charge in [0.15, 0.2) is 0 Å². The molecule has 0 spiro atoms. The molecule has 7 nitrogen and oxygen atoms in total. The van der Waals surface area contributed by atoms with Crippen molar-refractivity contribution < 1.29 is 35.6 Å². The van der Waals surface area contributed by atoms with Gasteiger partial charge in [-0.1, -0.05) is 73.9 Å². The molecule has 1 saturated carbocycles. The number of carbonyl (C=O) groups is 2. The minimum absolute atomic E-state index is 0.0437. The second-order valence-electron chi connectivity index (χ2n) is 11.0. The second kappa shape index (κ2) is 14.2. The summed E-state index contributed by atoms with van der Waals surface area (Å²) in [5.41, 5.74) is -0.657. The van der Waals surface area contributed by atoms with Gasteiger partial charge in [0.25, 0.3) is 0 Å². The molecule has 0 aromatic heterocycles. The van der Waals surface area contributed by atoms with Crippen molar-refractivity contribution in [2.24, 2.45) is 0 Å². The summed E-state index contributed by atoms with van der Waals surface area (Å²) < 4.78 is 81.6. The number of nitrogens with one attached hydrogen (secondary N) is 1. The van der Waals surface area contributed by atoms with Crippen LogP contribution in [0.4, 0.5) is 23.2 Å². The number of halogens is 4. The summed E-state index contributed by atoms with van der Waals surface area (Å²) in [6.07, 6.45) is 0.525. The van der Waals surface area contributed by atoms with Gasteiger partial charge in [0.2, 0.25) is 21.8 Å². The van der Waals surface area contributed by atoms with Crippen molar-refractivity contribution >= 4 is 27.5 Å². The predicted octanol–water partition coefficient (Wildman–Crippen LogP) is 5.70. The topological polar surface area (TPSA) is 86.8 Å². The number of carbonyl (C=O) groups excluding carboxylic acids is 2. The van der Waals surface area contributed by atoms with Gasteiger partial charge in [-0.3, -0.25) is 13.9 Å². The summed E-state index contributed by atoms with van der Waals surface area (Å²) in [4.78, 5) is 29.1. The molecule has 1 atom stereocenters. The molecule has 3 aromatic carbocycles. The van der Waals surface area contributed by atoms with E-state index in [4.69, 9.17) is 0 Å². The van der Waals surface area contributed by atoms with E-state index in [1.165, 1.54) is 18.2 Å². The fourth-order valence-electron chi connectivity index (χ4n) is 5.36. The van der Waals surface area contributed by atoms with Gasteiger partial charge in [0.1, 0.15) is 18.4 Å². The van der Waals surface area contributed by atoms with Gasteiger partial charge < -0.3 is 10.2 Å². The van der Waals surface area contributed by atoms with Gasteiger partial charge in [-0.2, -0.15) is 13.2 Å². The Labute approximate surface area is 254 Å². The van der Waals surface area contributed by atoms with Crippen molar-refractivity contribution in [2.45, 2.75) is 63.3 Å². The maximum atomic E-state index is 14.9. The third kappa shape index (κ3) is 8.81. The molecule has 0 aliphatic heterocycles. The lowest BCUT2D eigenvalue weighted by molar-refractivity contribution is -0.140. The first-order chi connectivity index (χ1) is 20.8. The number of amides is 2. The minimum Gasteiger partial charge on any atom is -0.352 e. The van der Waals surface area contributed by atoms with E-state index in [1.54, 1.807) is 36.4 Å². The number of hydrogen-bond donors (Lipinski definition) is 1. The Bertz CT molecular complexity index is 1540. The largest absolute Gasteiger partial charge is 0.416 e.